The molecule has 0 fully saturated rings. The Morgan fingerprint density at radius 2 is 2.00 bits per heavy atom. The van der Waals surface area contributed by atoms with Gasteiger partial charge in [0, 0.05) is 47.2 Å². The summed E-state index contributed by atoms with van der Waals surface area (Å²) in [6, 6.07) is 15.6. The topological polar surface area (TPSA) is 8.17 Å². The van der Waals surface area contributed by atoms with E-state index < -0.39 is 0 Å². The first-order chi connectivity index (χ1) is 12.0. The predicted molar refractivity (Wildman–Crippen MR) is 107 cm³/mol. The van der Waals surface area contributed by atoms with E-state index in [1.165, 1.54) is 33.3 Å². The Morgan fingerprint density at radius 3 is 2.80 bits per heavy atom. The van der Waals surface area contributed by atoms with Gasteiger partial charge in [-0.2, -0.15) is 0 Å². The van der Waals surface area contributed by atoms with Crippen molar-refractivity contribution in [1.82, 2.24) is 9.47 Å². The number of rotatable bonds is 3. The van der Waals surface area contributed by atoms with Crippen LogP contribution in [0.5, 0.6) is 0 Å². The number of nitrogens with zero attached hydrogens (tertiary/aromatic N) is 2. The summed E-state index contributed by atoms with van der Waals surface area (Å²) in [6.07, 6.45) is 2.17. The van der Waals surface area contributed by atoms with Crippen molar-refractivity contribution >= 4 is 22.5 Å². The number of likely N-dealkylation sites (N-methyl/N-ethyl adjacent to an activating group) is 1. The highest BCUT2D eigenvalue weighted by atomic mass is 35.5. The van der Waals surface area contributed by atoms with Crippen LogP contribution in [-0.2, 0) is 19.4 Å². The zero-order chi connectivity index (χ0) is 17.6. The largest absolute Gasteiger partial charge is 0.344 e. The summed E-state index contributed by atoms with van der Waals surface area (Å²) in [5, 5.41) is 2.15. The number of fused-ring (bicyclic) bond motifs is 3. The lowest BCUT2D eigenvalue weighted by atomic mass is 9.97. The minimum atomic E-state index is 0.435. The lowest BCUT2D eigenvalue weighted by Crippen LogP contribution is -2.31. The Hall–Kier alpha value is -1.77. The van der Waals surface area contributed by atoms with Crippen molar-refractivity contribution in [3.63, 3.8) is 0 Å². The molecule has 1 aromatic heterocycles. The van der Waals surface area contributed by atoms with E-state index in [4.69, 9.17) is 11.6 Å². The van der Waals surface area contributed by atoms with Gasteiger partial charge in [-0.15, -0.1) is 0 Å². The Kier molecular flexibility index (Phi) is 4.35. The van der Waals surface area contributed by atoms with E-state index in [1.807, 2.05) is 6.07 Å². The highest BCUT2D eigenvalue weighted by Gasteiger charge is 2.27. The summed E-state index contributed by atoms with van der Waals surface area (Å²) in [7, 11) is 2.22. The van der Waals surface area contributed by atoms with Crippen LogP contribution in [0.2, 0.25) is 5.02 Å². The standard InChI is InChI=1S/C22H25ClN2/c1-15-5-4-6-17(13-15)9-12-25-20-8-7-18(23)14-19(20)22-16(2)24(3)11-10-21(22)25/h4-8,13-14,16H,9-12H2,1-3H3. The fraction of sp³-hybridized carbons (Fsp3) is 0.364. The molecule has 1 unspecified atom stereocenters. The summed E-state index contributed by atoms with van der Waals surface area (Å²) in [5.41, 5.74) is 7.03. The molecule has 0 bridgehead atoms. The van der Waals surface area contributed by atoms with E-state index in [0.717, 1.165) is 31.0 Å². The third-order valence-electron chi connectivity index (χ3n) is 5.66. The van der Waals surface area contributed by atoms with Crippen molar-refractivity contribution in [2.45, 2.75) is 39.3 Å². The van der Waals surface area contributed by atoms with Crippen LogP contribution in [0.4, 0.5) is 0 Å². The summed E-state index contributed by atoms with van der Waals surface area (Å²) < 4.78 is 2.53. The van der Waals surface area contributed by atoms with Gasteiger partial charge in [-0.1, -0.05) is 41.4 Å². The second kappa shape index (κ2) is 6.51. The van der Waals surface area contributed by atoms with E-state index in [-0.39, 0.29) is 0 Å². The maximum Gasteiger partial charge on any atom is 0.0487 e. The molecule has 2 aromatic carbocycles. The number of hydrogen-bond donors (Lipinski definition) is 0. The van der Waals surface area contributed by atoms with Gasteiger partial charge in [-0.25, -0.2) is 0 Å². The van der Waals surface area contributed by atoms with Crippen LogP contribution >= 0.6 is 11.6 Å². The minimum absolute atomic E-state index is 0.435. The zero-order valence-electron chi connectivity index (χ0n) is 15.2. The van der Waals surface area contributed by atoms with Crippen LogP contribution < -0.4 is 0 Å². The van der Waals surface area contributed by atoms with Gasteiger partial charge in [0.1, 0.15) is 0 Å². The fourth-order valence-corrected chi connectivity index (χ4v) is 4.37. The maximum absolute atomic E-state index is 6.32. The van der Waals surface area contributed by atoms with Crippen LogP contribution in [0.1, 0.15) is 35.3 Å². The molecule has 2 nitrogen and oxygen atoms in total. The molecule has 130 valence electrons. The summed E-state index contributed by atoms with van der Waals surface area (Å²) in [5.74, 6) is 0. The van der Waals surface area contributed by atoms with E-state index in [9.17, 15) is 0 Å². The van der Waals surface area contributed by atoms with Gasteiger partial charge in [-0.3, -0.25) is 4.90 Å². The molecule has 1 aliphatic heterocycles. The molecule has 1 aliphatic rings. The van der Waals surface area contributed by atoms with Crippen LogP contribution in [0.3, 0.4) is 0 Å². The molecule has 3 aromatic rings. The van der Waals surface area contributed by atoms with Crippen LogP contribution in [0.15, 0.2) is 42.5 Å². The van der Waals surface area contributed by atoms with E-state index in [2.05, 4.69) is 66.8 Å². The lowest BCUT2D eigenvalue weighted by molar-refractivity contribution is 0.245. The van der Waals surface area contributed by atoms with E-state index >= 15 is 0 Å². The molecule has 4 rings (SSSR count). The second-order valence-electron chi connectivity index (χ2n) is 7.32. The predicted octanol–water partition coefficient (Wildman–Crippen LogP) is 5.39. The quantitative estimate of drug-likeness (QED) is 0.613. The number of aryl methyl sites for hydroxylation is 3. The second-order valence-corrected chi connectivity index (χ2v) is 7.76. The fourth-order valence-electron chi connectivity index (χ4n) is 4.20. The molecule has 0 N–H and O–H groups in total. The average molecular weight is 353 g/mol. The molecule has 25 heavy (non-hydrogen) atoms. The first-order valence-electron chi connectivity index (χ1n) is 9.11. The van der Waals surface area contributed by atoms with Gasteiger partial charge < -0.3 is 4.57 Å². The Morgan fingerprint density at radius 1 is 1.16 bits per heavy atom. The molecule has 3 heteroatoms. The monoisotopic (exact) mass is 352 g/mol. The van der Waals surface area contributed by atoms with Crippen molar-refractivity contribution in [2.24, 2.45) is 0 Å². The molecule has 0 saturated carbocycles. The summed E-state index contributed by atoms with van der Waals surface area (Å²) in [4.78, 5) is 2.44. The molecular formula is C22H25ClN2. The highest BCUT2D eigenvalue weighted by Crippen LogP contribution is 2.38. The Labute approximate surface area is 155 Å². The molecule has 1 atom stereocenters. The molecule has 2 heterocycles. The lowest BCUT2D eigenvalue weighted by Gasteiger charge is -2.31. The van der Waals surface area contributed by atoms with Gasteiger partial charge in [0.15, 0.2) is 0 Å². The van der Waals surface area contributed by atoms with Gasteiger partial charge in [0.2, 0.25) is 0 Å². The van der Waals surface area contributed by atoms with Crippen LogP contribution in [0.25, 0.3) is 10.9 Å². The molecule has 0 amide bonds. The van der Waals surface area contributed by atoms with Gasteiger partial charge in [0.05, 0.1) is 0 Å². The highest BCUT2D eigenvalue weighted by molar-refractivity contribution is 6.31. The van der Waals surface area contributed by atoms with Gasteiger partial charge in [-0.05, 0) is 56.6 Å². The first kappa shape index (κ1) is 16.7. The Bertz CT molecular complexity index is 925. The molecule has 0 spiro atoms. The summed E-state index contributed by atoms with van der Waals surface area (Å²) >= 11 is 6.32. The van der Waals surface area contributed by atoms with E-state index in [0.29, 0.717) is 6.04 Å². The van der Waals surface area contributed by atoms with Crippen molar-refractivity contribution in [1.29, 1.82) is 0 Å². The SMILES string of the molecule is Cc1cccc(CCn2c3c(c4cc(Cl)ccc42)C(C)N(C)CC3)c1. The normalized spacial score (nSPS) is 17.8. The summed E-state index contributed by atoms with van der Waals surface area (Å²) in [6.45, 7) is 6.61. The third-order valence-corrected chi connectivity index (χ3v) is 5.90. The third kappa shape index (κ3) is 2.98. The maximum atomic E-state index is 6.32. The van der Waals surface area contributed by atoms with Gasteiger partial charge in [0.25, 0.3) is 0 Å². The zero-order valence-corrected chi connectivity index (χ0v) is 16.0. The van der Waals surface area contributed by atoms with Crippen molar-refractivity contribution in [2.75, 3.05) is 13.6 Å². The molecular weight excluding hydrogens is 328 g/mol. The minimum Gasteiger partial charge on any atom is -0.344 e. The first-order valence-corrected chi connectivity index (χ1v) is 9.48. The van der Waals surface area contributed by atoms with Gasteiger partial charge >= 0.3 is 0 Å². The smallest absolute Gasteiger partial charge is 0.0487 e. The van der Waals surface area contributed by atoms with Crippen molar-refractivity contribution in [3.8, 4) is 0 Å². The van der Waals surface area contributed by atoms with Crippen LogP contribution in [-0.4, -0.2) is 23.1 Å². The number of benzene rings is 2. The number of hydrogen-bond acceptors (Lipinski definition) is 1. The van der Waals surface area contributed by atoms with Crippen molar-refractivity contribution < 1.29 is 0 Å². The molecule has 0 saturated heterocycles. The van der Waals surface area contributed by atoms with Crippen LogP contribution in [0, 0.1) is 6.92 Å². The number of aromatic nitrogens is 1. The average Bonchev–Trinajstić information content (AvgIpc) is 2.90. The molecule has 0 aliphatic carbocycles. The number of halogens is 1. The van der Waals surface area contributed by atoms with E-state index in [1.54, 1.807) is 0 Å². The van der Waals surface area contributed by atoms with Crippen molar-refractivity contribution in [3.05, 3.63) is 69.9 Å². The molecule has 0 radical (unpaired) electrons. The Balaban J connectivity index is 1.78.